The number of benzene rings is 3. The van der Waals surface area contributed by atoms with Crippen LogP contribution >= 0.6 is 11.3 Å². The van der Waals surface area contributed by atoms with Crippen LogP contribution in [0.1, 0.15) is 18.1 Å². The summed E-state index contributed by atoms with van der Waals surface area (Å²) in [7, 11) is 3.95. The van der Waals surface area contributed by atoms with Gasteiger partial charge < -0.3 is 20.9 Å². The van der Waals surface area contributed by atoms with Crippen molar-refractivity contribution in [3.05, 3.63) is 103 Å². The Morgan fingerprint density at radius 2 is 1.65 bits per heavy atom. The Hall–Kier alpha value is -4.26. The first kappa shape index (κ1) is 29.0. The van der Waals surface area contributed by atoms with Gasteiger partial charge in [-0.25, -0.2) is 0 Å². The van der Waals surface area contributed by atoms with Crippen LogP contribution in [-0.4, -0.2) is 31.3 Å². The van der Waals surface area contributed by atoms with E-state index in [2.05, 4.69) is 88.9 Å². The van der Waals surface area contributed by atoms with E-state index in [1.54, 1.807) is 6.20 Å². The Morgan fingerprint density at radius 1 is 0.892 bits per heavy atom. The van der Waals surface area contributed by atoms with E-state index in [-0.39, 0.29) is 5.48 Å². The number of anilines is 2. The lowest BCUT2D eigenvalue weighted by Gasteiger charge is -2.14. The molecule has 190 valence electrons. The van der Waals surface area contributed by atoms with Gasteiger partial charge in [0.25, 0.3) is 0 Å². The molecule has 0 aliphatic carbocycles. The van der Waals surface area contributed by atoms with Crippen molar-refractivity contribution in [3.8, 4) is 10.4 Å². The van der Waals surface area contributed by atoms with Gasteiger partial charge in [-0.15, -0.1) is 11.3 Å². The second-order valence-corrected chi connectivity index (χ2v) is 8.87. The van der Waals surface area contributed by atoms with Crippen molar-refractivity contribution in [2.75, 3.05) is 24.7 Å². The molecule has 2 heterocycles. The van der Waals surface area contributed by atoms with E-state index in [4.69, 9.17) is 4.79 Å². The van der Waals surface area contributed by atoms with E-state index >= 15 is 0 Å². The second-order valence-electron chi connectivity index (χ2n) is 7.78. The van der Waals surface area contributed by atoms with Crippen molar-refractivity contribution in [2.45, 2.75) is 6.92 Å². The third kappa shape index (κ3) is 6.70. The second kappa shape index (κ2) is 14.3. The van der Waals surface area contributed by atoms with Crippen LogP contribution in [-0.2, 0) is 4.79 Å². The Balaban J connectivity index is 0.000000272. The van der Waals surface area contributed by atoms with Gasteiger partial charge in [-0.2, -0.15) is 0 Å². The van der Waals surface area contributed by atoms with Crippen molar-refractivity contribution in [2.24, 2.45) is 0 Å². The van der Waals surface area contributed by atoms with Gasteiger partial charge in [0.1, 0.15) is 6.79 Å². The molecule has 0 atom stereocenters. The lowest BCUT2D eigenvalue weighted by atomic mass is 10.0. The van der Waals surface area contributed by atoms with Gasteiger partial charge in [-0.3, -0.25) is 4.98 Å². The molecule has 0 aliphatic rings. The number of fused-ring (bicyclic) bond motifs is 2. The third-order valence-corrected chi connectivity index (χ3v) is 6.83. The molecule has 0 radical (unpaired) electrons. The number of aromatic nitrogens is 1. The molecular formula is C31H33N3O2S. The summed E-state index contributed by atoms with van der Waals surface area (Å²) >= 11 is 1.83. The average molecular weight is 512 g/mol. The minimum Gasteiger partial charge on any atom is -0.412 e. The topological polar surface area (TPSA) is 85.5 Å². The molecule has 0 bridgehead atoms. The zero-order valence-electron chi connectivity index (χ0n) is 21.4. The van der Waals surface area contributed by atoms with Crippen LogP contribution in [0, 0.1) is 0 Å². The number of pyridine rings is 1. The number of nitrogens with one attached hydrogen (secondary N) is 2. The van der Waals surface area contributed by atoms with Gasteiger partial charge in [0, 0.05) is 52.7 Å². The third-order valence-electron chi connectivity index (χ3n) is 5.68. The SMILES string of the molecule is C/C=C/c1cc(NC)cc(-c2cc3ccccc3s2)c1NC.C=Cc1cccc2cnccc12.C=O.O. The van der Waals surface area contributed by atoms with Crippen LogP contribution in [0.5, 0.6) is 0 Å². The summed E-state index contributed by atoms with van der Waals surface area (Å²) in [6.45, 7) is 7.81. The number of thiophene rings is 1. The minimum atomic E-state index is 0. The highest BCUT2D eigenvalue weighted by Gasteiger charge is 2.12. The lowest BCUT2D eigenvalue weighted by molar-refractivity contribution is -0.0979. The zero-order chi connectivity index (χ0) is 25.9. The fraction of sp³-hybridized carbons (Fsp3) is 0.0968. The minimum absolute atomic E-state index is 0. The summed E-state index contributed by atoms with van der Waals surface area (Å²) in [5, 5.41) is 10.3. The monoisotopic (exact) mass is 511 g/mol. The van der Waals surface area contributed by atoms with Crippen molar-refractivity contribution in [1.82, 2.24) is 4.98 Å². The first-order chi connectivity index (χ1) is 17.7. The largest absolute Gasteiger partial charge is 0.412 e. The Morgan fingerprint density at radius 3 is 2.32 bits per heavy atom. The predicted molar refractivity (Wildman–Crippen MR) is 164 cm³/mol. The number of hydrogen-bond acceptors (Lipinski definition) is 5. The molecule has 0 saturated carbocycles. The fourth-order valence-corrected chi connectivity index (χ4v) is 5.12. The summed E-state index contributed by atoms with van der Waals surface area (Å²) in [5.41, 5.74) is 5.89. The molecule has 3 aromatic carbocycles. The molecule has 0 unspecified atom stereocenters. The van der Waals surface area contributed by atoms with Crippen LogP contribution in [0.3, 0.4) is 0 Å². The van der Waals surface area contributed by atoms with E-state index in [0.29, 0.717) is 0 Å². The van der Waals surface area contributed by atoms with E-state index < -0.39 is 0 Å². The maximum atomic E-state index is 8.00. The zero-order valence-corrected chi connectivity index (χ0v) is 22.2. The van der Waals surface area contributed by atoms with E-state index in [9.17, 15) is 0 Å². The van der Waals surface area contributed by atoms with Crippen molar-refractivity contribution in [3.63, 3.8) is 0 Å². The first-order valence-electron chi connectivity index (χ1n) is 11.6. The lowest BCUT2D eigenvalue weighted by Crippen LogP contribution is -1.97. The number of hydrogen-bond donors (Lipinski definition) is 2. The standard InChI is InChI=1S/C19H20N2S.C11H9N.CH2O.H2O/c1-4-7-14-10-15(20-2)12-16(19(14)21-3)18-11-13-8-5-6-9-17(13)22-18;1-2-9-4-3-5-10-8-12-7-6-11(9)10;1-2;/h4-12,20-21H,1-3H3;2-8H,1H2;1H2;1H2/b7-4+;;;. The smallest absolute Gasteiger partial charge is 0.106 e. The molecule has 0 saturated heterocycles. The molecule has 5 aromatic rings. The van der Waals surface area contributed by atoms with Crippen LogP contribution < -0.4 is 10.6 Å². The first-order valence-corrected chi connectivity index (χ1v) is 12.4. The molecule has 0 aliphatic heterocycles. The van der Waals surface area contributed by atoms with Gasteiger partial charge in [0.15, 0.2) is 0 Å². The van der Waals surface area contributed by atoms with Crippen LogP contribution in [0.2, 0.25) is 0 Å². The molecule has 5 rings (SSSR count). The number of carbonyl (C=O) groups excluding carboxylic acids is 1. The summed E-state index contributed by atoms with van der Waals surface area (Å²) in [5.74, 6) is 0. The maximum absolute atomic E-state index is 8.00. The van der Waals surface area contributed by atoms with Crippen molar-refractivity contribution < 1.29 is 10.3 Å². The van der Waals surface area contributed by atoms with Gasteiger partial charge in [0.05, 0.1) is 5.69 Å². The van der Waals surface area contributed by atoms with Crippen LogP contribution in [0.15, 0.2) is 91.8 Å². The number of rotatable bonds is 5. The Kier molecular flexibility index (Phi) is 11.2. The molecule has 37 heavy (non-hydrogen) atoms. The quantitative estimate of drug-likeness (QED) is 0.255. The van der Waals surface area contributed by atoms with Crippen molar-refractivity contribution in [1.29, 1.82) is 0 Å². The fourth-order valence-electron chi connectivity index (χ4n) is 4.03. The number of allylic oxidation sites excluding steroid dienone is 1. The van der Waals surface area contributed by atoms with Crippen molar-refractivity contribution >= 4 is 62.5 Å². The number of carbonyl (C=O) groups is 1. The summed E-state index contributed by atoms with van der Waals surface area (Å²) in [6.07, 6.45) is 9.74. The van der Waals surface area contributed by atoms with E-state index in [1.807, 2.05) is 63.6 Å². The molecule has 0 spiro atoms. The maximum Gasteiger partial charge on any atom is 0.106 e. The molecular weight excluding hydrogens is 478 g/mol. The molecule has 0 amide bonds. The van der Waals surface area contributed by atoms with Crippen LogP contribution in [0.4, 0.5) is 11.4 Å². The van der Waals surface area contributed by atoms with E-state index in [1.165, 1.54) is 37.2 Å². The normalized spacial score (nSPS) is 10.0. The van der Waals surface area contributed by atoms with Gasteiger partial charge in [-0.1, -0.05) is 61.2 Å². The highest BCUT2D eigenvalue weighted by molar-refractivity contribution is 7.22. The molecule has 5 nitrogen and oxygen atoms in total. The van der Waals surface area contributed by atoms with E-state index in [0.717, 1.165) is 16.6 Å². The van der Waals surface area contributed by atoms with Gasteiger partial charge in [0.2, 0.25) is 0 Å². The molecule has 4 N–H and O–H groups in total. The predicted octanol–water partition coefficient (Wildman–Crippen LogP) is 7.55. The molecule has 0 fully saturated rings. The number of nitrogens with zero attached hydrogens (tertiary/aromatic N) is 1. The average Bonchev–Trinajstić information content (AvgIpc) is 3.38. The van der Waals surface area contributed by atoms with Crippen LogP contribution in [0.25, 0.3) is 43.5 Å². The Labute approximate surface area is 222 Å². The summed E-state index contributed by atoms with van der Waals surface area (Å²) in [4.78, 5) is 13.3. The summed E-state index contributed by atoms with van der Waals surface area (Å²) < 4.78 is 1.32. The highest BCUT2D eigenvalue weighted by Crippen LogP contribution is 2.40. The molecule has 6 heteroatoms. The Bertz CT molecular complexity index is 1450. The van der Waals surface area contributed by atoms with Gasteiger partial charge in [-0.05, 0) is 59.2 Å². The molecule has 2 aromatic heterocycles. The highest BCUT2D eigenvalue weighted by atomic mass is 32.1. The summed E-state index contributed by atoms with van der Waals surface area (Å²) in [6, 6.07) is 23.3. The van der Waals surface area contributed by atoms with Gasteiger partial charge >= 0.3 is 0 Å².